The van der Waals surface area contributed by atoms with Gasteiger partial charge in [0.1, 0.15) is 17.1 Å². The minimum Gasteiger partial charge on any atom is -0.464 e. The summed E-state index contributed by atoms with van der Waals surface area (Å²) in [6.45, 7) is 2.03. The van der Waals surface area contributed by atoms with E-state index in [2.05, 4.69) is 10.3 Å². The van der Waals surface area contributed by atoms with Crippen molar-refractivity contribution in [3.63, 3.8) is 0 Å². The number of nitrogens with zero attached hydrogens (tertiary/aromatic N) is 3. The molecule has 0 saturated heterocycles. The first-order chi connectivity index (χ1) is 13.3. The van der Waals surface area contributed by atoms with E-state index in [-0.39, 0.29) is 0 Å². The number of para-hydroxylation sites is 1. The summed E-state index contributed by atoms with van der Waals surface area (Å²) in [5, 5.41) is 5.43. The van der Waals surface area contributed by atoms with Crippen LogP contribution in [0.5, 0.6) is 0 Å². The topological polar surface area (TPSA) is 63.8 Å². The van der Waals surface area contributed by atoms with E-state index >= 15 is 0 Å². The Hall–Kier alpha value is -3.73. The predicted octanol–water partition coefficient (Wildman–Crippen LogP) is 5.49. The van der Waals surface area contributed by atoms with Crippen LogP contribution in [0.4, 0.5) is 11.5 Å². The highest BCUT2D eigenvalue weighted by molar-refractivity contribution is 5.93. The molecule has 0 bridgehead atoms. The fraction of sp³-hybridized carbons (Fsp3) is 0.0455. The van der Waals surface area contributed by atoms with Crippen molar-refractivity contribution in [3.05, 3.63) is 78.7 Å². The molecule has 0 radical (unpaired) electrons. The molecule has 1 N–H and O–H groups in total. The number of hydrogen-bond acceptors (Lipinski definition) is 5. The fourth-order valence-electron chi connectivity index (χ4n) is 3.13. The molecule has 5 nitrogen and oxygen atoms in total. The number of aryl methyl sites for hydroxylation is 1. The first kappa shape index (κ1) is 15.5. The Morgan fingerprint density at radius 1 is 0.926 bits per heavy atom. The number of hydrogen-bond donors (Lipinski definition) is 1. The average Bonchev–Trinajstić information content (AvgIpc) is 3.16. The molecule has 0 saturated carbocycles. The van der Waals surface area contributed by atoms with Gasteiger partial charge in [0.25, 0.3) is 0 Å². The predicted molar refractivity (Wildman–Crippen MR) is 107 cm³/mol. The molecule has 0 aliphatic carbocycles. The average molecular weight is 352 g/mol. The Morgan fingerprint density at radius 3 is 2.78 bits per heavy atom. The van der Waals surface area contributed by atoms with Crippen LogP contribution in [0, 0.1) is 6.92 Å². The van der Waals surface area contributed by atoms with Crippen LogP contribution < -0.4 is 5.32 Å². The maximum Gasteiger partial charge on any atom is 0.180 e. The van der Waals surface area contributed by atoms with Gasteiger partial charge in [-0.3, -0.25) is 4.98 Å². The van der Waals surface area contributed by atoms with Gasteiger partial charge in [-0.15, -0.1) is 0 Å². The van der Waals surface area contributed by atoms with Gasteiger partial charge in [-0.25, -0.2) is 9.97 Å². The van der Waals surface area contributed by atoms with Crippen LogP contribution in [-0.4, -0.2) is 15.0 Å². The molecule has 130 valence electrons. The van der Waals surface area contributed by atoms with E-state index in [9.17, 15) is 0 Å². The van der Waals surface area contributed by atoms with Gasteiger partial charge in [0.05, 0.1) is 11.8 Å². The number of nitrogens with one attached hydrogen (secondary N) is 1. The summed E-state index contributed by atoms with van der Waals surface area (Å²) < 4.78 is 5.42. The van der Waals surface area contributed by atoms with Crippen molar-refractivity contribution >= 4 is 33.4 Å². The third-order valence-corrected chi connectivity index (χ3v) is 4.46. The lowest BCUT2D eigenvalue weighted by molar-refractivity contribution is 0.616. The minimum absolute atomic E-state index is 0.601. The number of rotatable bonds is 3. The van der Waals surface area contributed by atoms with Crippen molar-refractivity contribution in [1.82, 2.24) is 15.0 Å². The van der Waals surface area contributed by atoms with E-state index in [4.69, 9.17) is 14.4 Å². The summed E-state index contributed by atoms with van der Waals surface area (Å²) in [6.07, 6.45) is 3.47. The highest BCUT2D eigenvalue weighted by atomic mass is 16.3. The summed E-state index contributed by atoms with van der Waals surface area (Å²) >= 11 is 0. The Balaban J connectivity index is 1.65. The van der Waals surface area contributed by atoms with Crippen molar-refractivity contribution in [3.8, 4) is 11.5 Å². The third-order valence-electron chi connectivity index (χ3n) is 4.46. The molecule has 0 amide bonds. The van der Waals surface area contributed by atoms with E-state index in [1.807, 2.05) is 67.6 Å². The quantitative estimate of drug-likeness (QED) is 0.465. The highest BCUT2D eigenvalue weighted by Crippen LogP contribution is 2.28. The molecule has 5 aromatic rings. The van der Waals surface area contributed by atoms with Gasteiger partial charge in [-0.2, -0.15) is 0 Å². The molecule has 3 heterocycles. The SMILES string of the molecule is Cc1ccnc(-c2nc(Nc3ccc4occc4c3)c3ccccc3n2)c1. The molecule has 0 unspecified atom stereocenters. The Labute approximate surface area is 155 Å². The first-order valence-electron chi connectivity index (χ1n) is 8.70. The molecule has 0 aliphatic heterocycles. The lowest BCUT2D eigenvalue weighted by atomic mass is 10.2. The zero-order chi connectivity index (χ0) is 18.2. The van der Waals surface area contributed by atoms with Crippen LogP contribution in [0.15, 0.2) is 77.5 Å². The largest absolute Gasteiger partial charge is 0.464 e. The Kier molecular flexibility index (Phi) is 3.57. The molecule has 0 atom stereocenters. The molecule has 5 heteroatoms. The molecule has 0 fully saturated rings. The van der Waals surface area contributed by atoms with E-state index < -0.39 is 0 Å². The van der Waals surface area contributed by atoms with Gasteiger partial charge in [0, 0.05) is 22.7 Å². The zero-order valence-corrected chi connectivity index (χ0v) is 14.7. The van der Waals surface area contributed by atoms with Crippen LogP contribution in [0.1, 0.15) is 5.56 Å². The molecule has 2 aromatic carbocycles. The number of pyridine rings is 1. The smallest absolute Gasteiger partial charge is 0.180 e. The van der Waals surface area contributed by atoms with Crippen molar-refractivity contribution in [2.45, 2.75) is 6.92 Å². The fourth-order valence-corrected chi connectivity index (χ4v) is 3.13. The van der Waals surface area contributed by atoms with Gasteiger partial charge in [0.15, 0.2) is 5.82 Å². The lowest BCUT2D eigenvalue weighted by Gasteiger charge is -2.11. The number of fused-ring (bicyclic) bond motifs is 2. The summed E-state index contributed by atoms with van der Waals surface area (Å²) in [6, 6.07) is 19.8. The van der Waals surface area contributed by atoms with Crippen LogP contribution in [0.3, 0.4) is 0 Å². The van der Waals surface area contributed by atoms with Crippen molar-refractivity contribution < 1.29 is 4.42 Å². The van der Waals surface area contributed by atoms with Crippen molar-refractivity contribution in [2.75, 3.05) is 5.32 Å². The Morgan fingerprint density at radius 2 is 1.85 bits per heavy atom. The molecule has 27 heavy (non-hydrogen) atoms. The normalized spacial score (nSPS) is 11.1. The molecular weight excluding hydrogens is 336 g/mol. The number of aromatic nitrogens is 3. The highest BCUT2D eigenvalue weighted by Gasteiger charge is 2.11. The van der Waals surface area contributed by atoms with Gasteiger partial charge in [-0.05, 0) is 61.0 Å². The maximum absolute atomic E-state index is 5.42. The monoisotopic (exact) mass is 352 g/mol. The molecule has 3 aromatic heterocycles. The summed E-state index contributed by atoms with van der Waals surface area (Å²) in [5.74, 6) is 1.35. The molecular formula is C22H16N4O. The standard InChI is InChI=1S/C22H16N4O/c1-14-8-10-23-19(12-14)22-25-18-5-3-2-4-17(18)21(26-22)24-16-6-7-20-15(13-16)9-11-27-20/h2-13H,1H3,(H,24,25,26). The lowest BCUT2D eigenvalue weighted by Crippen LogP contribution is -2.00. The Bertz CT molecular complexity index is 1280. The van der Waals surface area contributed by atoms with E-state index in [0.717, 1.165) is 44.6 Å². The van der Waals surface area contributed by atoms with Gasteiger partial charge < -0.3 is 9.73 Å². The van der Waals surface area contributed by atoms with Gasteiger partial charge >= 0.3 is 0 Å². The second kappa shape index (κ2) is 6.21. The summed E-state index contributed by atoms with van der Waals surface area (Å²) in [4.78, 5) is 13.9. The second-order valence-corrected chi connectivity index (χ2v) is 6.43. The van der Waals surface area contributed by atoms with Crippen molar-refractivity contribution in [2.24, 2.45) is 0 Å². The molecule has 0 spiro atoms. The number of furan rings is 1. The zero-order valence-electron chi connectivity index (χ0n) is 14.7. The maximum atomic E-state index is 5.42. The summed E-state index contributed by atoms with van der Waals surface area (Å²) in [7, 11) is 0. The molecule has 0 aliphatic rings. The second-order valence-electron chi connectivity index (χ2n) is 6.43. The summed E-state index contributed by atoms with van der Waals surface area (Å²) in [5.41, 5.74) is 4.55. The number of benzene rings is 2. The minimum atomic E-state index is 0.601. The van der Waals surface area contributed by atoms with E-state index in [0.29, 0.717) is 5.82 Å². The number of anilines is 2. The van der Waals surface area contributed by atoms with E-state index in [1.54, 1.807) is 12.5 Å². The van der Waals surface area contributed by atoms with Gasteiger partial charge in [0.2, 0.25) is 0 Å². The first-order valence-corrected chi connectivity index (χ1v) is 8.70. The van der Waals surface area contributed by atoms with E-state index in [1.165, 1.54) is 0 Å². The van der Waals surface area contributed by atoms with Crippen LogP contribution in [0.25, 0.3) is 33.4 Å². The molecule has 5 rings (SSSR count). The van der Waals surface area contributed by atoms with Crippen molar-refractivity contribution in [1.29, 1.82) is 0 Å². The van der Waals surface area contributed by atoms with Gasteiger partial charge in [-0.1, -0.05) is 12.1 Å². The van der Waals surface area contributed by atoms with Crippen LogP contribution in [0.2, 0.25) is 0 Å². The third kappa shape index (κ3) is 2.89. The van der Waals surface area contributed by atoms with Crippen LogP contribution in [-0.2, 0) is 0 Å². The van der Waals surface area contributed by atoms with Crippen LogP contribution >= 0.6 is 0 Å².